The van der Waals surface area contributed by atoms with Gasteiger partial charge >= 0.3 is 0 Å². The van der Waals surface area contributed by atoms with E-state index in [4.69, 9.17) is 28.9 Å². The van der Waals surface area contributed by atoms with Crippen LogP contribution >= 0.6 is 23.2 Å². The van der Waals surface area contributed by atoms with Gasteiger partial charge in [-0.15, -0.1) is 0 Å². The van der Waals surface area contributed by atoms with Gasteiger partial charge in [-0.2, -0.15) is 0 Å². The maximum absolute atomic E-state index is 12.7. The van der Waals surface area contributed by atoms with E-state index in [1.807, 2.05) is 39.0 Å². The Hall–Kier alpha value is -2.10. The molecular formula is C33H52Cl2N4O. The number of rotatable bonds is 9. The lowest BCUT2D eigenvalue weighted by atomic mass is 10.0. The van der Waals surface area contributed by atoms with Crippen LogP contribution in [0, 0.1) is 23.7 Å². The number of benzene rings is 1. The van der Waals surface area contributed by atoms with Crippen LogP contribution in [0.3, 0.4) is 0 Å². The van der Waals surface area contributed by atoms with Crippen molar-refractivity contribution in [3.63, 3.8) is 0 Å². The fourth-order valence-corrected chi connectivity index (χ4v) is 3.44. The van der Waals surface area contributed by atoms with Gasteiger partial charge < -0.3 is 16.4 Å². The summed E-state index contributed by atoms with van der Waals surface area (Å²) < 4.78 is 0. The largest absolute Gasteiger partial charge is 0.349 e. The van der Waals surface area contributed by atoms with Gasteiger partial charge in [-0.25, -0.2) is 4.98 Å². The minimum Gasteiger partial charge on any atom is -0.349 e. The molecule has 3 atom stereocenters. The molecule has 0 saturated heterocycles. The maximum Gasteiger partial charge on any atom is 0.251 e. The molecule has 2 aromatic rings. The quantitative estimate of drug-likeness (QED) is 0.204. The molecule has 1 aromatic carbocycles. The zero-order valence-electron chi connectivity index (χ0n) is 25.9. The number of nitrogens with one attached hydrogen (secondary N) is 2. The Morgan fingerprint density at radius 3 is 2.05 bits per heavy atom. The van der Waals surface area contributed by atoms with Crippen molar-refractivity contribution in [1.29, 1.82) is 0 Å². The predicted molar refractivity (Wildman–Crippen MR) is 174 cm³/mol. The number of hydrogen-bond donors (Lipinski definition) is 3. The van der Waals surface area contributed by atoms with Gasteiger partial charge in [0.05, 0.1) is 6.04 Å². The van der Waals surface area contributed by atoms with Gasteiger partial charge in [-0.05, 0) is 69.7 Å². The summed E-state index contributed by atoms with van der Waals surface area (Å²) in [4.78, 5) is 16.6. The molecule has 1 fully saturated rings. The number of halogens is 2. The molecule has 40 heavy (non-hydrogen) atoms. The number of nitrogens with zero attached hydrogens (tertiary/aromatic N) is 1. The van der Waals surface area contributed by atoms with Gasteiger partial charge in [-0.1, -0.05) is 113 Å². The van der Waals surface area contributed by atoms with E-state index in [2.05, 4.69) is 74.2 Å². The van der Waals surface area contributed by atoms with E-state index < -0.39 is 0 Å². The molecule has 1 aliphatic rings. The Kier molecular flexibility index (Phi) is 21.4. The molecule has 0 radical (unpaired) electrons. The highest BCUT2D eigenvalue weighted by Crippen LogP contribution is 2.27. The number of carbonyl (C=O) groups is 1. The summed E-state index contributed by atoms with van der Waals surface area (Å²) in [5, 5.41) is 6.95. The predicted octanol–water partition coefficient (Wildman–Crippen LogP) is 7.94. The van der Waals surface area contributed by atoms with Crippen molar-refractivity contribution in [2.24, 2.45) is 17.6 Å². The van der Waals surface area contributed by atoms with Gasteiger partial charge in [-0.3, -0.25) is 4.79 Å². The SMILES string of the molecule is CC.CC(C#CC1CC1)NCC[C@H](Cc1ccccc1)NC(=O)c1cc(Cl)nc(Cl)c1.CC(C)C(C)N.CCC. The highest BCUT2D eigenvalue weighted by Gasteiger charge is 2.18. The Morgan fingerprint density at radius 2 is 1.57 bits per heavy atom. The summed E-state index contributed by atoms with van der Waals surface area (Å²) >= 11 is 11.9. The van der Waals surface area contributed by atoms with Gasteiger partial charge in [0.2, 0.25) is 0 Å². The standard InChI is InChI=1S/C23H25Cl2N3O.C5H13N.C3H8.C2H6/c1-16(7-8-17-9-10-17)26-12-11-20(13-18-5-3-2-4-6-18)27-23(29)19-14-21(24)28-22(25)15-19;1-4(2)5(3)6;1-3-2;1-2/h2-6,14-17,20,26H,9-13H2,1H3,(H,27,29);4-5H,6H2,1-3H3;3H2,1-2H3;1-2H3/t16?,20-;;;/m1.../s1. The van der Waals surface area contributed by atoms with Crippen molar-refractivity contribution in [3.8, 4) is 11.8 Å². The average molecular weight is 592 g/mol. The number of pyridine rings is 1. The molecule has 0 spiro atoms. The van der Waals surface area contributed by atoms with Crippen molar-refractivity contribution in [3.05, 3.63) is 63.9 Å². The monoisotopic (exact) mass is 590 g/mol. The Balaban J connectivity index is 0.00000119. The van der Waals surface area contributed by atoms with Crippen molar-refractivity contribution < 1.29 is 4.79 Å². The summed E-state index contributed by atoms with van der Waals surface area (Å²) in [6, 6.07) is 13.6. The summed E-state index contributed by atoms with van der Waals surface area (Å²) in [7, 11) is 0. The van der Waals surface area contributed by atoms with Crippen molar-refractivity contribution in [1.82, 2.24) is 15.6 Å². The molecule has 0 aliphatic heterocycles. The maximum atomic E-state index is 12.7. The van der Waals surface area contributed by atoms with Gasteiger partial charge in [0, 0.05) is 23.6 Å². The van der Waals surface area contributed by atoms with Crippen LogP contribution in [0.5, 0.6) is 0 Å². The molecule has 1 saturated carbocycles. The summed E-state index contributed by atoms with van der Waals surface area (Å²) in [5.41, 5.74) is 7.01. The summed E-state index contributed by atoms with van der Waals surface area (Å²) in [6.07, 6.45) is 5.23. The van der Waals surface area contributed by atoms with E-state index in [1.54, 1.807) is 0 Å². The number of aromatic nitrogens is 1. The van der Waals surface area contributed by atoms with E-state index in [1.165, 1.54) is 37.0 Å². The highest BCUT2D eigenvalue weighted by molar-refractivity contribution is 6.33. The first-order chi connectivity index (χ1) is 19.0. The van der Waals surface area contributed by atoms with Crippen LogP contribution < -0.4 is 16.4 Å². The second-order valence-electron chi connectivity index (χ2n) is 10.2. The summed E-state index contributed by atoms with van der Waals surface area (Å²) in [5.74, 6) is 7.57. The first kappa shape index (κ1) is 37.9. The Bertz CT molecular complexity index is 972. The molecular weight excluding hydrogens is 539 g/mol. The third-order valence-corrected chi connectivity index (χ3v) is 6.15. The lowest BCUT2D eigenvalue weighted by molar-refractivity contribution is 0.0934. The number of nitrogens with two attached hydrogens (primary N) is 1. The third-order valence-electron chi connectivity index (χ3n) is 5.76. The number of amides is 1. The van der Waals surface area contributed by atoms with E-state index in [-0.39, 0.29) is 28.3 Å². The van der Waals surface area contributed by atoms with Crippen molar-refractivity contribution >= 4 is 29.1 Å². The molecule has 224 valence electrons. The molecule has 1 aromatic heterocycles. The van der Waals surface area contributed by atoms with E-state index in [0.29, 0.717) is 23.4 Å². The second kappa shape index (κ2) is 22.6. The molecule has 0 bridgehead atoms. The minimum atomic E-state index is -0.210. The Morgan fingerprint density at radius 1 is 1.05 bits per heavy atom. The topological polar surface area (TPSA) is 80.0 Å². The van der Waals surface area contributed by atoms with Gasteiger partial charge in [0.15, 0.2) is 0 Å². The normalized spacial score (nSPS) is 13.9. The van der Waals surface area contributed by atoms with Crippen LogP contribution in [-0.4, -0.2) is 35.6 Å². The van der Waals surface area contributed by atoms with Crippen LogP contribution in [0.2, 0.25) is 10.3 Å². The third kappa shape index (κ3) is 19.1. The van der Waals surface area contributed by atoms with Gasteiger partial charge in [0.25, 0.3) is 5.91 Å². The summed E-state index contributed by atoms with van der Waals surface area (Å²) in [6.45, 7) is 17.3. The van der Waals surface area contributed by atoms with Crippen LogP contribution in [0.4, 0.5) is 0 Å². The van der Waals surface area contributed by atoms with E-state index in [9.17, 15) is 4.79 Å². The number of carbonyl (C=O) groups excluding carboxylic acids is 1. The van der Waals surface area contributed by atoms with Crippen LogP contribution in [0.25, 0.3) is 0 Å². The zero-order chi connectivity index (χ0) is 30.5. The zero-order valence-corrected chi connectivity index (χ0v) is 27.4. The first-order valence-corrected chi connectivity index (χ1v) is 15.5. The van der Waals surface area contributed by atoms with Crippen LogP contribution in [-0.2, 0) is 6.42 Å². The molecule has 1 amide bonds. The lowest BCUT2D eigenvalue weighted by Gasteiger charge is -2.20. The molecule has 7 heteroatoms. The molecule has 4 N–H and O–H groups in total. The average Bonchev–Trinajstić information content (AvgIpc) is 3.74. The van der Waals surface area contributed by atoms with Crippen molar-refractivity contribution in [2.45, 2.75) is 106 Å². The molecule has 1 aliphatic carbocycles. The fraction of sp³-hybridized carbons (Fsp3) is 0.576. The van der Waals surface area contributed by atoms with Crippen molar-refractivity contribution in [2.75, 3.05) is 6.54 Å². The molecule has 1 heterocycles. The van der Waals surface area contributed by atoms with Gasteiger partial charge in [0.1, 0.15) is 10.3 Å². The first-order valence-electron chi connectivity index (χ1n) is 14.7. The smallest absolute Gasteiger partial charge is 0.251 e. The van der Waals surface area contributed by atoms with Crippen LogP contribution in [0.1, 0.15) is 97.0 Å². The fourth-order valence-electron chi connectivity index (χ4n) is 2.98. The van der Waals surface area contributed by atoms with E-state index >= 15 is 0 Å². The minimum absolute atomic E-state index is 0.0355. The Labute approximate surface area is 254 Å². The highest BCUT2D eigenvalue weighted by atomic mass is 35.5. The molecule has 5 nitrogen and oxygen atoms in total. The van der Waals surface area contributed by atoms with Crippen LogP contribution in [0.15, 0.2) is 42.5 Å². The molecule has 2 unspecified atom stereocenters. The molecule has 3 rings (SSSR count). The lowest BCUT2D eigenvalue weighted by Crippen LogP contribution is -2.39. The number of hydrogen-bond acceptors (Lipinski definition) is 4. The van der Waals surface area contributed by atoms with E-state index in [0.717, 1.165) is 19.4 Å². The second-order valence-corrected chi connectivity index (χ2v) is 11.0.